The van der Waals surface area contributed by atoms with E-state index in [1.54, 1.807) is 24.5 Å². The smallest absolute Gasteiger partial charge is 0.191 e. The van der Waals surface area contributed by atoms with E-state index >= 15 is 0 Å². The zero-order valence-electron chi connectivity index (χ0n) is 13.1. The fourth-order valence-corrected chi connectivity index (χ4v) is 3.85. The molecule has 3 N–H and O–H groups in total. The van der Waals surface area contributed by atoms with Crippen LogP contribution in [0.1, 0.15) is 26.6 Å². The first-order valence-corrected chi connectivity index (χ1v) is 8.81. The van der Waals surface area contributed by atoms with E-state index < -0.39 is 6.10 Å². The van der Waals surface area contributed by atoms with E-state index in [9.17, 15) is 5.11 Å². The van der Waals surface area contributed by atoms with Crippen molar-refractivity contribution in [1.29, 1.82) is 0 Å². The van der Waals surface area contributed by atoms with Crippen LogP contribution in [0.2, 0.25) is 4.34 Å². The lowest BCUT2D eigenvalue weighted by Crippen LogP contribution is -2.38. The SMILES string of the molecule is CN=C(NCc1sc(C)nc1C)NCC(O)c1ccc(Cl)s1.I. The molecule has 2 aromatic rings. The summed E-state index contributed by atoms with van der Waals surface area (Å²) < 4.78 is 0.674. The van der Waals surface area contributed by atoms with Gasteiger partial charge in [-0.15, -0.1) is 46.7 Å². The molecule has 1 unspecified atom stereocenters. The molecule has 128 valence electrons. The molecule has 0 aliphatic carbocycles. The second kappa shape index (κ2) is 9.77. The summed E-state index contributed by atoms with van der Waals surface area (Å²) in [7, 11) is 1.70. The van der Waals surface area contributed by atoms with Crippen LogP contribution in [0.25, 0.3) is 0 Å². The molecule has 0 saturated heterocycles. The predicted octanol–water partition coefficient (Wildman–Crippen LogP) is 3.49. The molecule has 0 fully saturated rings. The Morgan fingerprint density at radius 2 is 2.09 bits per heavy atom. The lowest BCUT2D eigenvalue weighted by atomic mass is 10.3. The molecule has 9 heteroatoms. The molecule has 23 heavy (non-hydrogen) atoms. The maximum Gasteiger partial charge on any atom is 0.191 e. The molecular weight excluding hydrogens is 467 g/mol. The summed E-state index contributed by atoms with van der Waals surface area (Å²) in [6.07, 6.45) is -0.608. The summed E-state index contributed by atoms with van der Waals surface area (Å²) in [4.78, 5) is 10.6. The predicted molar refractivity (Wildman–Crippen MR) is 109 cm³/mol. The van der Waals surface area contributed by atoms with Crippen molar-refractivity contribution in [2.45, 2.75) is 26.5 Å². The van der Waals surface area contributed by atoms with Crippen molar-refractivity contribution in [3.63, 3.8) is 0 Å². The molecule has 0 saturated carbocycles. The highest BCUT2D eigenvalue weighted by Crippen LogP contribution is 2.26. The van der Waals surface area contributed by atoms with Gasteiger partial charge >= 0.3 is 0 Å². The number of aliphatic hydroxyl groups is 1. The Morgan fingerprint density at radius 3 is 2.61 bits per heavy atom. The molecule has 1 atom stereocenters. The van der Waals surface area contributed by atoms with E-state index in [2.05, 4.69) is 20.6 Å². The number of aryl methyl sites for hydroxylation is 2. The Kier molecular flexibility index (Phi) is 8.76. The number of nitrogens with one attached hydrogen (secondary N) is 2. The first kappa shape index (κ1) is 20.6. The highest BCUT2D eigenvalue weighted by atomic mass is 127. The number of thiazole rings is 1. The summed E-state index contributed by atoms with van der Waals surface area (Å²) in [6, 6.07) is 3.62. The number of rotatable bonds is 5. The number of thiophene rings is 1. The fourth-order valence-electron chi connectivity index (χ4n) is 1.92. The number of aliphatic hydroxyl groups excluding tert-OH is 1. The van der Waals surface area contributed by atoms with Crippen LogP contribution in [0.15, 0.2) is 17.1 Å². The van der Waals surface area contributed by atoms with Crippen LogP contribution in [0.5, 0.6) is 0 Å². The van der Waals surface area contributed by atoms with Gasteiger partial charge in [-0.05, 0) is 26.0 Å². The van der Waals surface area contributed by atoms with Crippen molar-refractivity contribution in [3.05, 3.63) is 36.9 Å². The molecule has 0 aliphatic heterocycles. The molecule has 0 spiro atoms. The van der Waals surface area contributed by atoms with Crippen LogP contribution in [0, 0.1) is 13.8 Å². The highest BCUT2D eigenvalue weighted by molar-refractivity contribution is 14.0. The van der Waals surface area contributed by atoms with Crippen LogP contribution < -0.4 is 10.6 Å². The first-order chi connectivity index (χ1) is 10.5. The van der Waals surface area contributed by atoms with Gasteiger partial charge in [-0.2, -0.15) is 0 Å². The average molecular weight is 487 g/mol. The van der Waals surface area contributed by atoms with E-state index in [0.29, 0.717) is 23.4 Å². The first-order valence-electron chi connectivity index (χ1n) is 6.80. The van der Waals surface area contributed by atoms with Crippen LogP contribution in [-0.2, 0) is 6.54 Å². The number of halogens is 2. The van der Waals surface area contributed by atoms with Crippen molar-refractivity contribution >= 4 is 64.2 Å². The van der Waals surface area contributed by atoms with Crippen LogP contribution in [-0.4, -0.2) is 29.6 Å². The monoisotopic (exact) mass is 486 g/mol. The standard InChI is InChI=1S/C14H19ClN4OS2.HI/c1-8-12(21-9(2)19-8)7-18-14(16-3)17-6-10(20)11-4-5-13(15)22-11;/h4-5,10,20H,6-7H2,1-3H3,(H2,16,17,18);1H. The fraction of sp³-hybridized carbons (Fsp3) is 0.429. The third-order valence-electron chi connectivity index (χ3n) is 3.02. The van der Waals surface area contributed by atoms with Gasteiger partial charge < -0.3 is 15.7 Å². The van der Waals surface area contributed by atoms with Gasteiger partial charge in [0.15, 0.2) is 5.96 Å². The van der Waals surface area contributed by atoms with Crippen LogP contribution >= 0.6 is 58.3 Å². The van der Waals surface area contributed by atoms with Gasteiger partial charge in [-0.25, -0.2) is 4.98 Å². The molecular formula is C14H20ClIN4OS2. The Labute approximate surface area is 166 Å². The van der Waals surface area contributed by atoms with Gasteiger partial charge in [0, 0.05) is 23.3 Å². The maximum atomic E-state index is 10.1. The summed E-state index contributed by atoms with van der Waals surface area (Å²) in [5, 5.41) is 17.5. The van der Waals surface area contributed by atoms with Gasteiger partial charge in [-0.1, -0.05) is 11.6 Å². The zero-order valence-corrected chi connectivity index (χ0v) is 17.8. The van der Waals surface area contributed by atoms with Crippen molar-refractivity contribution in [1.82, 2.24) is 15.6 Å². The van der Waals surface area contributed by atoms with Crippen LogP contribution in [0.4, 0.5) is 0 Å². The van der Waals surface area contributed by atoms with E-state index in [4.69, 9.17) is 11.6 Å². The lowest BCUT2D eigenvalue weighted by Gasteiger charge is -2.14. The number of aliphatic imine (C=N–C) groups is 1. The molecule has 2 rings (SSSR count). The normalized spacial score (nSPS) is 12.7. The number of guanidine groups is 1. The molecule has 0 bridgehead atoms. The summed E-state index contributed by atoms with van der Waals surface area (Å²) in [5.41, 5.74) is 1.04. The Morgan fingerprint density at radius 1 is 1.35 bits per heavy atom. The van der Waals surface area contributed by atoms with E-state index in [1.807, 2.05) is 19.9 Å². The quantitative estimate of drug-likeness (QED) is 0.344. The van der Waals surface area contributed by atoms with E-state index in [-0.39, 0.29) is 24.0 Å². The molecule has 0 aromatic carbocycles. The van der Waals surface area contributed by atoms with Crippen LogP contribution in [0.3, 0.4) is 0 Å². The Hall–Kier alpha value is -0.420. The minimum Gasteiger partial charge on any atom is -0.386 e. The third kappa shape index (κ3) is 6.18. The van der Waals surface area contributed by atoms with Gasteiger partial charge in [0.2, 0.25) is 0 Å². The lowest BCUT2D eigenvalue weighted by molar-refractivity contribution is 0.184. The molecule has 2 aromatic heterocycles. The summed E-state index contributed by atoms with van der Waals surface area (Å²) in [6.45, 7) is 5.03. The molecule has 2 heterocycles. The number of hydrogen-bond donors (Lipinski definition) is 3. The second-order valence-electron chi connectivity index (χ2n) is 4.71. The molecule has 0 radical (unpaired) electrons. The zero-order chi connectivity index (χ0) is 16.1. The van der Waals surface area contributed by atoms with Gasteiger partial charge in [0.1, 0.15) is 6.10 Å². The van der Waals surface area contributed by atoms with E-state index in [1.165, 1.54) is 16.2 Å². The number of hydrogen-bond acceptors (Lipinski definition) is 5. The molecule has 5 nitrogen and oxygen atoms in total. The summed E-state index contributed by atoms with van der Waals surface area (Å²) in [5.74, 6) is 0.646. The third-order valence-corrected chi connectivity index (χ3v) is 5.43. The Bertz CT molecular complexity index is 659. The topological polar surface area (TPSA) is 69.5 Å². The minimum absolute atomic E-state index is 0. The number of nitrogens with zero attached hydrogens (tertiary/aromatic N) is 2. The van der Waals surface area contributed by atoms with Gasteiger partial charge in [0.05, 0.1) is 21.6 Å². The molecule has 0 aliphatic rings. The van der Waals surface area contributed by atoms with Crippen molar-refractivity contribution in [3.8, 4) is 0 Å². The number of aromatic nitrogens is 1. The largest absolute Gasteiger partial charge is 0.386 e. The van der Waals surface area contributed by atoms with Crippen molar-refractivity contribution in [2.75, 3.05) is 13.6 Å². The summed E-state index contributed by atoms with van der Waals surface area (Å²) >= 11 is 8.93. The molecule has 0 amide bonds. The van der Waals surface area contributed by atoms with E-state index in [0.717, 1.165) is 15.6 Å². The van der Waals surface area contributed by atoms with Crippen molar-refractivity contribution in [2.24, 2.45) is 4.99 Å². The second-order valence-corrected chi connectivity index (χ2v) is 7.74. The Balaban J connectivity index is 0.00000264. The van der Waals surface area contributed by atoms with Gasteiger partial charge in [0.25, 0.3) is 0 Å². The highest BCUT2D eigenvalue weighted by Gasteiger charge is 2.11. The van der Waals surface area contributed by atoms with Crippen molar-refractivity contribution < 1.29 is 5.11 Å². The minimum atomic E-state index is -0.608. The average Bonchev–Trinajstić information content (AvgIpc) is 3.04. The maximum absolute atomic E-state index is 10.1. The van der Waals surface area contributed by atoms with Gasteiger partial charge in [-0.3, -0.25) is 4.99 Å².